The lowest BCUT2D eigenvalue weighted by Gasteiger charge is -2.21. The highest BCUT2D eigenvalue weighted by Crippen LogP contribution is 2.19. The van der Waals surface area contributed by atoms with E-state index in [1.165, 1.54) is 24.3 Å². The summed E-state index contributed by atoms with van der Waals surface area (Å²) in [6.45, 7) is 0.0134. The van der Waals surface area contributed by atoms with E-state index in [1.807, 2.05) is 0 Å². The molecule has 3 aromatic rings. The molecular weight excluding hydrogens is 490 g/mol. The van der Waals surface area contributed by atoms with E-state index in [-0.39, 0.29) is 16.3 Å². The molecule has 0 heterocycles. The van der Waals surface area contributed by atoms with Gasteiger partial charge in [0.15, 0.2) is 23.3 Å². The number of carbonyl (C=O) groups excluding carboxylic acids is 2. The van der Waals surface area contributed by atoms with Crippen molar-refractivity contribution >= 4 is 33.2 Å². The van der Waals surface area contributed by atoms with Crippen LogP contribution in [0.25, 0.3) is 0 Å². The summed E-state index contributed by atoms with van der Waals surface area (Å²) >= 11 is 0. The molecule has 0 fully saturated rings. The second-order valence-electron chi connectivity index (χ2n) is 7.44. The van der Waals surface area contributed by atoms with Gasteiger partial charge in [0.1, 0.15) is 0 Å². The summed E-state index contributed by atoms with van der Waals surface area (Å²) in [4.78, 5) is 24.8. The fourth-order valence-corrected chi connectivity index (χ4v) is 4.31. The number of amides is 2. The lowest BCUT2D eigenvalue weighted by Crippen LogP contribution is -2.42. The summed E-state index contributed by atoms with van der Waals surface area (Å²) < 4.78 is 80.0. The summed E-state index contributed by atoms with van der Waals surface area (Å²) in [5.41, 5.74) is 0.503. The van der Waals surface area contributed by atoms with E-state index in [9.17, 15) is 35.6 Å². The summed E-state index contributed by atoms with van der Waals surface area (Å²) in [7, 11) is -4.38. The maximum atomic E-state index is 13.4. The third kappa shape index (κ3) is 6.64. The van der Waals surface area contributed by atoms with Crippen molar-refractivity contribution in [2.45, 2.75) is 11.8 Å². The molecule has 0 spiro atoms. The topological polar surface area (TPSA) is 95.6 Å². The zero-order chi connectivity index (χ0) is 25.8. The van der Waals surface area contributed by atoms with Gasteiger partial charge in [-0.1, -0.05) is 17.7 Å². The van der Waals surface area contributed by atoms with Crippen LogP contribution in [-0.4, -0.2) is 37.6 Å². The first-order valence-electron chi connectivity index (χ1n) is 10.0. The summed E-state index contributed by atoms with van der Waals surface area (Å²) in [5, 5.41) is 4.47. The van der Waals surface area contributed by atoms with Crippen LogP contribution in [0.1, 0.15) is 5.56 Å². The van der Waals surface area contributed by atoms with Crippen LogP contribution in [0.4, 0.5) is 28.9 Å². The number of sulfonamides is 1. The van der Waals surface area contributed by atoms with Gasteiger partial charge in [0.2, 0.25) is 21.8 Å². The molecule has 35 heavy (non-hydrogen) atoms. The molecule has 0 aliphatic heterocycles. The third-order valence-electron chi connectivity index (χ3n) is 4.71. The molecule has 2 amide bonds. The van der Waals surface area contributed by atoms with Crippen molar-refractivity contribution in [2.75, 3.05) is 23.7 Å². The first-order valence-corrected chi connectivity index (χ1v) is 11.5. The summed E-state index contributed by atoms with van der Waals surface area (Å²) in [6.07, 6.45) is 0. The van der Waals surface area contributed by atoms with Crippen molar-refractivity contribution in [3.05, 3.63) is 89.5 Å². The van der Waals surface area contributed by atoms with Crippen LogP contribution in [0.3, 0.4) is 0 Å². The number of nitrogens with one attached hydrogen (secondary N) is 2. The Hall–Kier alpha value is -3.77. The van der Waals surface area contributed by atoms with Crippen LogP contribution in [-0.2, 0) is 19.6 Å². The van der Waals surface area contributed by atoms with Gasteiger partial charge in [0.25, 0.3) is 0 Å². The fraction of sp³-hybridized carbons (Fsp3) is 0.130. The Labute approximate surface area is 198 Å². The number of nitrogens with zero attached hydrogens (tertiary/aromatic N) is 1. The van der Waals surface area contributed by atoms with E-state index in [0.717, 1.165) is 29.8 Å². The average Bonchev–Trinajstić information content (AvgIpc) is 2.78. The smallest absolute Gasteiger partial charge is 0.244 e. The van der Waals surface area contributed by atoms with Gasteiger partial charge in [-0.3, -0.25) is 9.59 Å². The molecule has 7 nitrogen and oxygen atoms in total. The van der Waals surface area contributed by atoms with Gasteiger partial charge < -0.3 is 10.6 Å². The Bertz CT molecular complexity index is 1300. The molecule has 2 N–H and O–H groups in total. The monoisotopic (exact) mass is 509 g/mol. The number of halogens is 4. The van der Waals surface area contributed by atoms with Crippen LogP contribution in [0.5, 0.6) is 0 Å². The molecule has 0 atom stereocenters. The maximum Gasteiger partial charge on any atom is 0.244 e. The summed E-state index contributed by atoms with van der Waals surface area (Å²) in [6, 6.07) is 10.7. The van der Waals surface area contributed by atoms with Crippen molar-refractivity contribution in [3.8, 4) is 0 Å². The van der Waals surface area contributed by atoms with Gasteiger partial charge in [0, 0.05) is 23.5 Å². The van der Waals surface area contributed by atoms with Crippen molar-refractivity contribution < 1.29 is 35.6 Å². The molecule has 184 valence electrons. The molecule has 0 aliphatic rings. The standard InChI is InChI=1S/C23H19F4N3O4S/c1-14-2-6-17(7-3-14)35(33,34)30(12-22(31)28-15-4-8-18(24)20(26)10-15)13-23(32)29-16-5-9-19(25)21(27)11-16/h2-11H,12-13H2,1H3,(H,28,31)(H,29,32). The molecule has 0 bridgehead atoms. The quantitative estimate of drug-likeness (QED) is 0.452. The highest BCUT2D eigenvalue weighted by atomic mass is 32.2. The molecule has 0 saturated heterocycles. The van der Waals surface area contributed by atoms with E-state index in [4.69, 9.17) is 0 Å². The molecular formula is C23H19F4N3O4S. The average molecular weight is 509 g/mol. The second-order valence-corrected chi connectivity index (χ2v) is 9.38. The molecule has 3 rings (SSSR count). The van der Waals surface area contributed by atoms with Crippen molar-refractivity contribution in [1.82, 2.24) is 4.31 Å². The fourth-order valence-electron chi connectivity index (χ4n) is 2.95. The van der Waals surface area contributed by atoms with E-state index in [0.29, 0.717) is 16.4 Å². The van der Waals surface area contributed by atoms with E-state index >= 15 is 0 Å². The van der Waals surface area contributed by atoms with Crippen LogP contribution >= 0.6 is 0 Å². The first-order chi connectivity index (χ1) is 16.5. The SMILES string of the molecule is Cc1ccc(S(=O)(=O)N(CC(=O)Nc2ccc(F)c(F)c2)CC(=O)Nc2ccc(F)c(F)c2)cc1. The van der Waals surface area contributed by atoms with E-state index < -0.39 is 58.2 Å². The number of hydrogen-bond donors (Lipinski definition) is 2. The Kier molecular flexibility index (Phi) is 7.87. The minimum atomic E-state index is -4.38. The lowest BCUT2D eigenvalue weighted by molar-refractivity contribution is -0.118. The number of benzene rings is 3. The molecule has 3 aromatic carbocycles. The van der Waals surface area contributed by atoms with Crippen LogP contribution in [0.15, 0.2) is 65.6 Å². The molecule has 0 radical (unpaired) electrons. The molecule has 0 aliphatic carbocycles. The number of carbonyl (C=O) groups is 2. The second kappa shape index (κ2) is 10.7. The number of rotatable bonds is 8. The van der Waals surface area contributed by atoms with Crippen molar-refractivity contribution in [1.29, 1.82) is 0 Å². The zero-order valence-corrected chi connectivity index (χ0v) is 19.0. The number of hydrogen-bond acceptors (Lipinski definition) is 4. The van der Waals surface area contributed by atoms with Crippen LogP contribution in [0, 0.1) is 30.2 Å². The molecule has 0 aromatic heterocycles. The highest BCUT2D eigenvalue weighted by Gasteiger charge is 2.29. The maximum absolute atomic E-state index is 13.4. The number of aryl methyl sites for hydroxylation is 1. The first kappa shape index (κ1) is 25.8. The predicted molar refractivity (Wildman–Crippen MR) is 120 cm³/mol. The van der Waals surface area contributed by atoms with Crippen LogP contribution in [0.2, 0.25) is 0 Å². The van der Waals surface area contributed by atoms with Gasteiger partial charge in [-0.25, -0.2) is 26.0 Å². The predicted octanol–water partition coefficient (Wildman–Crippen LogP) is 3.82. The zero-order valence-electron chi connectivity index (χ0n) is 18.2. The van der Waals surface area contributed by atoms with Gasteiger partial charge in [-0.15, -0.1) is 0 Å². The largest absolute Gasteiger partial charge is 0.325 e. The van der Waals surface area contributed by atoms with E-state index in [1.54, 1.807) is 6.92 Å². The molecule has 0 unspecified atom stereocenters. The normalized spacial score (nSPS) is 11.4. The van der Waals surface area contributed by atoms with Gasteiger partial charge in [0.05, 0.1) is 18.0 Å². The third-order valence-corrected chi connectivity index (χ3v) is 6.51. The van der Waals surface area contributed by atoms with E-state index in [2.05, 4.69) is 10.6 Å². The van der Waals surface area contributed by atoms with Crippen LogP contribution < -0.4 is 10.6 Å². The minimum Gasteiger partial charge on any atom is -0.325 e. The molecule has 0 saturated carbocycles. The minimum absolute atomic E-state index is 0.132. The number of anilines is 2. The van der Waals surface area contributed by atoms with Gasteiger partial charge in [-0.2, -0.15) is 4.31 Å². The Morgan fingerprint density at radius 2 is 1.14 bits per heavy atom. The van der Waals surface area contributed by atoms with Crippen molar-refractivity contribution in [2.24, 2.45) is 0 Å². The van der Waals surface area contributed by atoms with Crippen molar-refractivity contribution in [3.63, 3.8) is 0 Å². The lowest BCUT2D eigenvalue weighted by atomic mass is 10.2. The Morgan fingerprint density at radius 1 is 0.714 bits per heavy atom. The molecule has 12 heteroatoms. The Balaban J connectivity index is 1.83. The van der Waals surface area contributed by atoms with Gasteiger partial charge in [-0.05, 0) is 43.3 Å². The summed E-state index contributed by atoms with van der Waals surface area (Å²) in [5.74, 6) is -6.60. The Morgan fingerprint density at radius 3 is 1.54 bits per heavy atom. The van der Waals surface area contributed by atoms with Gasteiger partial charge >= 0.3 is 0 Å². The highest BCUT2D eigenvalue weighted by molar-refractivity contribution is 7.89.